The Hall–Kier alpha value is -5.58. The van der Waals surface area contributed by atoms with Crippen molar-refractivity contribution >= 4 is 41.3 Å². The number of halogens is 2. The van der Waals surface area contributed by atoms with Gasteiger partial charge >= 0.3 is 6.03 Å². The third-order valence-electron chi connectivity index (χ3n) is 13.5. The Morgan fingerprint density at radius 3 is 1.68 bits per heavy atom. The number of unbranched alkanes of at least 4 members (excludes halogenated alkanes) is 2. The molecular formula is C60H93F2N9O18S. The lowest BCUT2D eigenvalue weighted by Crippen LogP contribution is -2.43. The van der Waals surface area contributed by atoms with E-state index in [0.717, 1.165) is 37.1 Å². The lowest BCUT2D eigenvalue weighted by atomic mass is 10.0. The second-order valence-electron chi connectivity index (χ2n) is 20.4. The molecule has 0 spiro atoms. The first-order valence-electron chi connectivity index (χ1n) is 30.9. The van der Waals surface area contributed by atoms with Crippen molar-refractivity contribution < 1.29 is 94.3 Å². The van der Waals surface area contributed by atoms with Crippen LogP contribution < -0.4 is 37.1 Å². The van der Waals surface area contributed by atoms with Crippen LogP contribution in [0.3, 0.4) is 0 Å². The lowest BCUT2D eigenvalue weighted by Gasteiger charge is -2.18. The van der Waals surface area contributed by atoms with Gasteiger partial charge in [0.15, 0.2) is 23.2 Å². The molecule has 90 heavy (non-hydrogen) atoms. The number of ketones is 1. The molecule has 30 heteroatoms. The minimum atomic E-state index is -0.998. The molecule has 5 amide bonds. The van der Waals surface area contributed by atoms with Gasteiger partial charge in [-0.25, -0.2) is 18.3 Å². The van der Waals surface area contributed by atoms with Crippen LogP contribution in [-0.2, 0) is 77.8 Å². The molecule has 0 saturated carbocycles. The Morgan fingerprint density at radius 2 is 1.13 bits per heavy atom. The van der Waals surface area contributed by atoms with Gasteiger partial charge in [0.1, 0.15) is 12.3 Å². The third kappa shape index (κ3) is 33.1. The number of urea groups is 1. The molecule has 2 aliphatic rings. The predicted octanol–water partition coefficient (Wildman–Crippen LogP) is 2.47. The van der Waals surface area contributed by atoms with Crippen molar-refractivity contribution in [2.75, 3.05) is 184 Å². The van der Waals surface area contributed by atoms with Gasteiger partial charge < -0.3 is 93.9 Å². The number of hydrogen-bond donors (Lipinski definition) is 6. The highest BCUT2D eigenvalue weighted by atomic mass is 32.2. The van der Waals surface area contributed by atoms with Crippen molar-refractivity contribution in [2.45, 2.75) is 81.3 Å². The van der Waals surface area contributed by atoms with E-state index in [4.69, 9.17) is 67.3 Å². The van der Waals surface area contributed by atoms with Gasteiger partial charge in [0.05, 0.1) is 195 Å². The first-order chi connectivity index (χ1) is 44.1. The van der Waals surface area contributed by atoms with Crippen molar-refractivity contribution in [3.8, 4) is 11.4 Å². The molecule has 27 nitrogen and oxygen atoms in total. The summed E-state index contributed by atoms with van der Waals surface area (Å²) in [6.07, 6.45) is 6.37. The van der Waals surface area contributed by atoms with Gasteiger partial charge in [0.2, 0.25) is 11.8 Å². The normalized spacial score (nSPS) is 15.5. The number of para-hydroxylation sites is 1. The first-order valence-corrected chi connectivity index (χ1v) is 31.9. The van der Waals surface area contributed by atoms with E-state index >= 15 is 0 Å². The first kappa shape index (κ1) is 75.1. The number of nitrogens with two attached hydrogens (primary N) is 1. The molecule has 1 aromatic heterocycles. The van der Waals surface area contributed by atoms with E-state index in [2.05, 4.69) is 36.9 Å². The topological polar surface area (TPSA) is 322 Å². The second-order valence-corrected chi connectivity index (χ2v) is 21.7. The van der Waals surface area contributed by atoms with E-state index in [1.165, 1.54) is 10.7 Å². The summed E-state index contributed by atoms with van der Waals surface area (Å²) in [4.78, 5) is 62.4. The Bertz CT molecular complexity index is 2440. The van der Waals surface area contributed by atoms with Gasteiger partial charge in [0, 0.05) is 36.0 Å². The standard InChI is InChI=1S/C60H93F2N9O18S/c61-49-9-6-10-50(62)58(49)89-44-53(72)51(11-3-4-15-63)66-59(75)46-7-5-8-48(41-46)71-43-47(69-70-71)42-65-56(74)14-17-77-19-21-79-23-25-81-27-29-83-31-33-85-35-37-87-39-40-88-38-36-86-34-32-84-30-28-82-26-24-80-22-20-78-18-16-64-55(73)13-2-1-12-54-57-52(45-90-54)67-60(76)68-57/h5-10,41,43,51-52,54,57H,1-4,11-40,42,44-45,63H2,(H,64,73)(H,65,74)(H,66,75)(H2,67,68,76)/t51-,52-,54-,57-/m0/s1. The number of nitrogens with one attached hydrogen (secondary N) is 5. The average Bonchev–Trinajstić information content (AvgIpc) is 2.04. The van der Waals surface area contributed by atoms with Crippen LogP contribution in [-0.4, -0.2) is 252 Å². The van der Waals surface area contributed by atoms with Crippen molar-refractivity contribution in [1.29, 1.82) is 0 Å². The summed E-state index contributed by atoms with van der Waals surface area (Å²) in [5, 5.41) is 23.0. The van der Waals surface area contributed by atoms with Crippen molar-refractivity contribution in [3.05, 3.63) is 71.6 Å². The summed E-state index contributed by atoms with van der Waals surface area (Å²) >= 11 is 1.89. The molecule has 0 unspecified atom stereocenters. The van der Waals surface area contributed by atoms with E-state index in [1.54, 1.807) is 30.5 Å². The highest BCUT2D eigenvalue weighted by Crippen LogP contribution is 2.33. The van der Waals surface area contributed by atoms with Crippen LogP contribution in [0.4, 0.5) is 13.6 Å². The SMILES string of the molecule is NCCCC[C@H](NC(=O)c1cccc(-n2cc(CNC(=O)CCOCCOCCOCCOCCOCCOCCOCCOCCOCCOCCOCCOCCNC(=O)CCCC[C@@H]3SC[C@@H]4NC(=O)N[C@@H]43)nn2)c1)C(=O)COc1c(F)cccc1F. The highest BCUT2D eigenvalue weighted by molar-refractivity contribution is 8.00. The number of fused-ring (bicyclic) bond motifs is 1. The molecule has 2 aliphatic heterocycles. The molecule has 7 N–H and O–H groups in total. The number of carbonyl (C=O) groups excluding carboxylic acids is 5. The molecular weight excluding hydrogens is 1200 g/mol. The smallest absolute Gasteiger partial charge is 0.315 e. The zero-order valence-electron chi connectivity index (χ0n) is 51.5. The average molecular weight is 1300 g/mol. The maximum Gasteiger partial charge on any atom is 0.315 e. The number of ether oxygens (including phenoxy) is 13. The van der Waals surface area contributed by atoms with Crippen LogP contribution in [0, 0.1) is 11.6 Å². The third-order valence-corrected chi connectivity index (χ3v) is 15.0. The summed E-state index contributed by atoms with van der Waals surface area (Å²) in [5.41, 5.74) is 6.81. The summed E-state index contributed by atoms with van der Waals surface area (Å²) < 4.78 is 101. The van der Waals surface area contributed by atoms with Crippen molar-refractivity contribution in [1.82, 2.24) is 41.6 Å². The zero-order chi connectivity index (χ0) is 63.9. The molecule has 0 radical (unpaired) electrons. The minimum Gasteiger partial charge on any atom is -0.480 e. The Kier molecular flexibility index (Phi) is 40.2. The van der Waals surface area contributed by atoms with Gasteiger partial charge in [-0.2, -0.15) is 11.8 Å². The molecule has 5 rings (SSSR count). The van der Waals surface area contributed by atoms with Gasteiger partial charge in [-0.15, -0.1) is 5.10 Å². The Morgan fingerprint density at radius 1 is 0.622 bits per heavy atom. The van der Waals surface area contributed by atoms with Crippen LogP contribution in [0.15, 0.2) is 48.7 Å². The fraction of sp³-hybridized carbons (Fsp3) is 0.683. The van der Waals surface area contributed by atoms with Gasteiger partial charge in [-0.3, -0.25) is 19.2 Å². The monoisotopic (exact) mass is 1300 g/mol. The van der Waals surface area contributed by atoms with Crippen LogP contribution in [0.1, 0.15) is 67.4 Å². The van der Waals surface area contributed by atoms with E-state index in [1.807, 2.05) is 11.8 Å². The molecule has 2 aromatic carbocycles. The number of nitrogens with zero attached hydrogens (tertiary/aromatic N) is 3. The van der Waals surface area contributed by atoms with E-state index in [-0.39, 0.29) is 61.5 Å². The summed E-state index contributed by atoms with van der Waals surface area (Å²) in [6, 6.07) is 9.05. The van der Waals surface area contributed by atoms with Gasteiger partial charge in [0.25, 0.3) is 5.91 Å². The predicted molar refractivity (Wildman–Crippen MR) is 326 cm³/mol. The molecule has 4 atom stereocenters. The molecule has 2 fully saturated rings. The fourth-order valence-electron chi connectivity index (χ4n) is 8.80. The summed E-state index contributed by atoms with van der Waals surface area (Å²) in [7, 11) is 0. The maximum atomic E-state index is 14.1. The van der Waals surface area contributed by atoms with Crippen molar-refractivity contribution in [3.63, 3.8) is 0 Å². The van der Waals surface area contributed by atoms with Crippen LogP contribution in [0.5, 0.6) is 5.75 Å². The number of Topliss-reactive ketones (excluding diaryl/α,β-unsaturated/α-hetero) is 1. The molecule has 506 valence electrons. The molecule has 0 aliphatic carbocycles. The van der Waals surface area contributed by atoms with Crippen LogP contribution in [0.25, 0.3) is 5.69 Å². The van der Waals surface area contributed by atoms with E-state index < -0.39 is 41.7 Å². The fourth-order valence-corrected chi connectivity index (χ4v) is 10.3. The van der Waals surface area contributed by atoms with Gasteiger partial charge in [-0.1, -0.05) is 23.8 Å². The van der Waals surface area contributed by atoms with Crippen LogP contribution in [0.2, 0.25) is 0 Å². The number of hydrogen-bond acceptors (Lipinski definition) is 22. The summed E-state index contributed by atoms with van der Waals surface area (Å²) in [5.74, 6) is -2.96. The Balaban J connectivity index is 0.696. The van der Waals surface area contributed by atoms with E-state index in [9.17, 15) is 32.8 Å². The van der Waals surface area contributed by atoms with Crippen LogP contribution >= 0.6 is 11.8 Å². The number of carbonyl (C=O) groups is 5. The molecule has 3 heterocycles. The van der Waals surface area contributed by atoms with E-state index in [0.29, 0.717) is 201 Å². The highest BCUT2D eigenvalue weighted by Gasteiger charge is 2.42. The number of aromatic nitrogens is 3. The largest absolute Gasteiger partial charge is 0.480 e. The molecule has 2 saturated heterocycles. The maximum absolute atomic E-state index is 14.1. The number of benzene rings is 2. The van der Waals surface area contributed by atoms with Crippen molar-refractivity contribution in [2.24, 2.45) is 5.73 Å². The van der Waals surface area contributed by atoms with Gasteiger partial charge in [-0.05, 0) is 69.0 Å². The summed E-state index contributed by atoms with van der Waals surface area (Å²) in [6.45, 7) is 10.4. The lowest BCUT2D eigenvalue weighted by molar-refractivity contribution is -0.123. The number of thioether (sulfide) groups is 1. The number of amides is 5. The number of rotatable bonds is 57. The second kappa shape index (κ2) is 48.2. The zero-order valence-corrected chi connectivity index (χ0v) is 52.3. The molecule has 3 aromatic rings. The quantitative estimate of drug-likeness (QED) is 0.0349. The minimum absolute atomic E-state index is 0.0291. The Labute approximate surface area is 529 Å². The molecule has 0 bridgehead atoms.